The van der Waals surface area contributed by atoms with Gasteiger partial charge in [-0.1, -0.05) is 0 Å². The maximum atomic E-state index is 13.7. The summed E-state index contributed by atoms with van der Waals surface area (Å²) in [5.74, 6) is -3.40. The molecule has 0 fully saturated rings. The maximum Gasteiger partial charge on any atom is 0.335 e. The van der Waals surface area contributed by atoms with E-state index in [1.54, 1.807) is 6.92 Å². The van der Waals surface area contributed by atoms with Gasteiger partial charge in [0.25, 0.3) is 5.91 Å². The van der Waals surface area contributed by atoms with Crippen LogP contribution in [0.3, 0.4) is 0 Å². The fourth-order valence-electron chi connectivity index (χ4n) is 1.81. The highest BCUT2D eigenvalue weighted by Crippen LogP contribution is 2.17. The number of carbonyl (C=O) groups is 2. The van der Waals surface area contributed by atoms with E-state index >= 15 is 0 Å². The quantitative estimate of drug-likeness (QED) is 0.912. The largest absolute Gasteiger partial charge is 0.478 e. The van der Waals surface area contributed by atoms with Gasteiger partial charge in [0, 0.05) is 5.56 Å². The third-order valence-electron chi connectivity index (χ3n) is 2.77. The molecule has 2 rings (SSSR count). The number of amides is 1. The number of halogens is 2. The molecule has 0 heterocycles. The number of carbonyl (C=O) groups excluding carboxylic acids is 1. The molecule has 1 amide bonds. The normalized spacial score (nSPS) is 10.2. The summed E-state index contributed by atoms with van der Waals surface area (Å²) in [6.07, 6.45) is 0. The van der Waals surface area contributed by atoms with E-state index in [1.165, 1.54) is 12.1 Å². The molecule has 6 heteroatoms. The van der Waals surface area contributed by atoms with Crippen LogP contribution in [-0.2, 0) is 0 Å². The van der Waals surface area contributed by atoms with Gasteiger partial charge in [0.1, 0.15) is 11.6 Å². The summed E-state index contributed by atoms with van der Waals surface area (Å²) in [6, 6.07) is 6.86. The minimum Gasteiger partial charge on any atom is -0.478 e. The minimum absolute atomic E-state index is 0.0502. The first-order valence-electron chi connectivity index (χ1n) is 5.98. The molecule has 2 aromatic carbocycles. The summed E-state index contributed by atoms with van der Waals surface area (Å²) >= 11 is 0. The standard InChI is InChI=1S/C15H11F2NO3/c1-8-4-10(6-11(16)5-8)14(19)18-13-3-2-9(15(20)21)7-12(13)17/h2-7H,1H3,(H,18,19)(H,20,21). The van der Waals surface area contributed by atoms with Crippen molar-refractivity contribution in [2.24, 2.45) is 0 Å². The molecule has 0 atom stereocenters. The van der Waals surface area contributed by atoms with Gasteiger partial charge < -0.3 is 10.4 Å². The van der Waals surface area contributed by atoms with Crippen molar-refractivity contribution in [3.8, 4) is 0 Å². The van der Waals surface area contributed by atoms with E-state index in [-0.39, 0.29) is 16.8 Å². The summed E-state index contributed by atoms with van der Waals surface area (Å²) in [5, 5.41) is 11.0. The van der Waals surface area contributed by atoms with Crippen LogP contribution < -0.4 is 5.32 Å². The fraction of sp³-hybridized carbons (Fsp3) is 0.0667. The number of hydrogen-bond donors (Lipinski definition) is 2. The van der Waals surface area contributed by atoms with Crippen LogP contribution in [0.25, 0.3) is 0 Å². The number of rotatable bonds is 3. The Morgan fingerprint density at radius 1 is 1.05 bits per heavy atom. The lowest BCUT2D eigenvalue weighted by Gasteiger charge is -2.08. The number of carboxylic acid groups (broad SMARTS) is 1. The zero-order chi connectivity index (χ0) is 15.6. The van der Waals surface area contributed by atoms with Gasteiger partial charge in [0.2, 0.25) is 0 Å². The Hall–Kier alpha value is -2.76. The summed E-state index contributed by atoms with van der Waals surface area (Å²) in [5.41, 5.74) is 0.204. The van der Waals surface area contributed by atoms with Crippen LogP contribution in [0.2, 0.25) is 0 Å². The van der Waals surface area contributed by atoms with E-state index in [1.807, 2.05) is 0 Å². The van der Waals surface area contributed by atoms with Crippen LogP contribution in [0.5, 0.6) is 0 Å². The van der Waals surface area contributed by atoms with Crippen LogP contribution in [0.1, 0.15) is 26.3 Å². The number of benzene rings is 2. The second-order valence-electron chi connectivity index (χ2n) is 4.47. The van der Waals surface area contributed by atoms with Crippen molar-refractivity contribution in [2.45, 2.75) is 6.92 Å². The first kappa shape index (κ1) is 14.6. The highest BCUT2D eigenvalue weighted by molar-refractivity contribution is 6.04. The molecule has 0 radical (unpaired) electrons. The van der Waals surface area contributed by atoms with Gasteiger partial charge in [-0.15, -0.1) is 0 Å². The molecule has 0 spiro atoms. The summed E-state index contributed by atoms with van der Waals surface area (Å²) in [6.45, 7) is 1.63. The molecule has 0 aliphatic heterocycles. The molecule has 108 valence electrons. The predicted molar refractivity (Wildman–Crippen MR) is 72.4 cm³/mol. The monoisotopic (exact) mass is 291 g/mol. The lowest BCUT2D eigenvalue weighted by Crippen LogP contribution is -2.14. The first-order valence-corrected chi connectivity index (χ1v) is 5.98. The molecule has 4 nitrogen and oxygen atoms in total. The van der Waals surface area contributed by atoms with Crippen molar-refractivity contribution in [1.82, 2.24) is 0 Å². The fourth-order valence-corrected chi connectivity index (χ4v) is 1.81. The topological polar surface area (TPSA) is 66.4 Å². The molecule has 0 unspecified atom stereocenters. The Balaban J connectivity index is 2.25. The average Bonchev–Trinajstić information content (AvgIpc) is 2.39. The van der Waals surface area contributed by atoms with E-state index in [0.29, 0.717) is 5.56 Å². The summed E-state index contributed by atoms with van der Waals surface area (Å²) in [7, 11) is 0. The van der Waals surface area contributed by atoms with Gasteiger partial charge in [-0.2, -0.15) is 0 Å². The Labute approximate surface area is 119 Å². The van der Waals surface area contributed by atoms with E-state index in [2.05, 4.69) is 5.32 Å². The van der Waals surface area contributed by atoms with Gasteiger partial charge in [0.15, 0.2) is 0 Å². The maximum absolute atomic E-state index is 13.7. The molecule has 0 aromatic heterocycles. The van der Waals surface area contributed by atoms with Gasteiger partial charge in [-0.3, -0.25) is 4.79 Å². The van der Waals surface area contributed by atoms with Crippen molar-refractivity contribution >= 4 is 17.6 Å². The van der Waals surface area contributed by atoms with Gasteiger partial charge in [0.05, 0.1) is 11.3 Å². The molecule has 2 aromatic rings. The average molecular weight is 291 g/mol. The number of carboxylic acids is 1. The van der Waals surface area contributed by atoms with Crippen LogP contribution in [0, 0.1) is 18.6 Å². The lowest BCUT2D eigenvalue weighted by molar-refractivity contribution is 0.0696. The molecule has 21 heavy (non-hydrogen) atoms. The third kappa shape index (κ3) is 3.42. The lowest BCUT2D eigenvalue weighted by atomic mass is 10.1. The molecule has 0 aliphatic carbocycles. The Kier molecular flexibility index (Phi) is 3.98. The van der Waals surface area contributed by atoms with Crippen LogP contribution in [-0.4, -0.2) is 17.0 Å². The van der Waals surface area contributed by atoms with E-state index in [9.17, 15) is 18.4 Å². The van der Waals surface area contributed by atoms with Crippen LogP contribution in [0.15, 0.2) is 36.4 Å². The summed E-state index contributed by atoms with van der Waals surface area (Å²) in [4.78, 5) is 22.6. The smallest absolute Gasteiger partial charge is 0.335 e. The predicted octanol–water partition coefficient (Wildman–Crippen LogP) is 3.22. The summed E-state index contributed by atoms with van der Waals surface area (Å²) < 4.78 is 26.9. The van der Waals surface area contributed by atoms with Crippen molar-refractivity contribution in [1.29, 1.82) is 0 Å². The van der Waals surface area contributed by atoms with Gasteiger partial charge in [-0.05, 0) is 48.9 Å². The van der Waals surface area contributed by atoms with Gasteiger partial charge in [-0.25, -0.2) is 13.6 Å². The number of aryl methyl sites for hydroxylation is 1. The minimum atomic E-state index is -1.27. The zero-order valence-corrected chi connectivity index (χ0v) is 11.0. The van der Waals surface area contributed by atoms with Gasteiger partial charge >= 0.3 is 5.97 Å². The molecule has 2 N–H and O–H groups in total. The highest BCUT2D eigenvalue weighted by atomic mass is 19.1. The first-order chi connectivity index (χ1) is 9.86. The van der Waals surface area contributed by atoms with E-state index < -0.39 is 23.5 Å². The molecule has 0 saturated carbocycles. The number of anilines is 1. The number of hydrogen-bond acceptors (Lipinski definition) is 2. The number of aromatic carboxylic acids is 1. The van der Waals surface area contributed by atoms with Crippen molar-refractivity contribution in [2.75, 3.05) is 5.32 Å². The Bertz CT molecular complexity index is 709. The highest BCUT2D eigenvalue weighted by Gasteiger charge is 2.13. The zero-order valence-electron chi connectivity index (χ0n) is 11.0. The molecular formula is C15H11F2NO3. The SMILES string of the molecule is Cc1cc(F)cc(C(=O)Nc2ccc(C(=O)O)cc2F)c1. The van der Waals surface area contributed by atoms with E-state index in [4.69, 9.17) is 5.11 Å². The molecule has 0 bridgehead atoms. The van der Waals surface area contributed by atoms with Crippen molar-refractivity contribution in [3.63, 3.8) is 0 Å². The van der Waals surface area contributed by atoms with Crippen LogP contribution in [0.4, 0.5) is 14.5 Å². The Morgan fingerprint density at radius 2 is 1.76 bits per heavy atom. The van der Waals surface area contributed by atoms with E-state index in [0.717, 1.165) is 24.3 Å². The Morgan fingerprint density at radius 3 is 2.33 bits per heavy atom. The van der Waals surface area contributed by atoms with Crippen molar-refractivity contribution in [3.05, 3.63) is 64.7 Å². The molecule has 0 aliphatic rings. The molecule has 0 saturated heterocycles. The number of nitrogens with one attached hydrogen (secondary N) is 1. The second kappa shape index (κ2) is 5.70. The van der Waals surface area contributed by atoms with Crippen molar-refractivity contribution < 1.29 is 23.5 Å². The second-order valence-corrected chi connectivity index (χ2v) is 4.47. The third-order valence-corrected chi connectivity index (χ3v) is 2.77. The molecular weight excluding hydrogens is 280 g/mol. The van der Waals surface area contributed by atoms with Crippen LogP contribution >= 0.6 is 0 Å².